The number of nitrogens with zero attached hydrogens (tertiary/aromatic N) is 1. The molecule has 4 heteroatoms. The van der Waals surface area contributed by atoms with Gasteiger partial charge >= 0.3 is 5.97 Å². The van der Waals surface area contributed by atoms with Crippen molar-refractivity contribution in [2.24, 2.45) is 4.99 Å². The van der Waals surface area contributed by atoms with Crippen molar-refractivity contribution in [2.75, 3.05) is 6.61 Å². The first-order valence-electron chi connectivity index (χ1n) is 4.12. The van der Waals surface area contributed by atoms with Crippen molar-refractivity contribution in [1.82, 2.24) is 0 Å². The molecule has 0 unspecified atom stereocenters. The lowest BCUT2D eigenvalue weighted by Gasteiger charge is -2.03. The van der Waals surface area contributed by atoms with Gasteiger partial charge in [0.15, 0.2) is 0 Å². The van der Waals surface area contributed by atoms with Gasteiger partial charge in [0.25, 0.3) is 0 Å². The van der Waals surface area contributed by atoms with E-state index >= 15 is 0 Å². The maximum absolute atomic E-state index is 11.1. The van der Waals surface area contributed by atoms with Crippen LogP contribution in [-0.4, -0.2) is 18.7 Å². The summed E-state index contributed by atoms with van der Waals surface area (Å²) in [4.78, 5) is 24.5. The van der Waals surface area contributed by atoms with Crippen LogP contribution in [0, 0.1) is 0 Å². The summed E-state index contributed by atoms with van der Waals surface area (Å²) in [6, 6.07) is 0. The van der Waals surface area contributed by atoms with Gasteiger partial charge in [-0.2, -0.15) is 4.99 Å². The van der Waals surface area contributed by atoms with E-state index in [-0.39, 0.29) is 0 Å². The number of allylic oxidation sites excluding steroid dienone is 1. The van der Waals surface area contributed by atoms with Gasteiger partial charge in [0, 0.05) is 0 Å². The summed E-state index contributed by atoms with van der Waals surface area (Å²) in [5.74, 6) is -0.432. The summed E-state index contributed by atoms with van der Waals surface area (Å²) in [5, 5.41) is 0. The molecule has 13 heavy (non-hydrogen) atoms. The van der Waals surface area contributed by atoms with E-state index in [0.717, 1.165) is 0 Å². The van der Waals surface area contributed by atoms with Crippen molar-refractivity contribution in [2.45, 2.75) is 27.2 Å². The zero-order chi connectivity index (χ0) is 10.3. The summed E-state index contributed by atoms with van der Waals surface area (Å²) in [7, 11) is 0. The van der Waals surface area contributed by atoms with E-state index in [2.05, 4.69) is 4.99 Å². The molecule has 0 heterocycles. The quantitative estimate of drug-likeness (QED) is 0.287. The van der Waals surface area contributed by atoms with Crippen molar-refractivity contribution in [3.8, 4) is 0 Å². The van der Waals surface area contributed by atoms with Gasteiger partial charge in [-0.25, -0.2) is 9.59 Å². The average molecular weight is 183 g/mol. The van der Waals surface area contributed by atoms with Gasteiger partial charge in [0.2, 0.25) is 6.08 Å². The second kappa shape index (κ2) is 6.14. The molecule has 0 rings (SSSR count). The van der Waals surface area contributed by atoms with Crippen LogP contribution in [0.1, 0.15) is 27.2 Å². The van der Waals surface area contributed by atoms with Crippen molar-refractivity contribution >= 4 is 12.0 Å². The predicted molar refractivity (Wildman–Crippen MR) is 47.7 cm³/mol. The number of carbonyl (C=O) groups is 1. The molecule has 0 fully saturated rings. The Morgan fingerprint density at radius 2 is 2.08 bits per heavy atom. The standard InChI is InChI=1S/C9H13NO3/c1-4-8(10-6-11)7(3)9(12)13-5-2/h4-5H2,1-3H3/b8-7-. The fourth-order valence-electron chi connectivity index (χ4n) is 0.840. The number of hydrogen-bond acceptors (Lipinski definition) is 4. The monoisotopic (exact) mass is 183 g/mol. The van der Waals surface area contributed by atoms with Crippen molar-refractivity contribution in [1.29, 1.82) is 0 Å². The molecule has 0 amide bonds. The van der Waals surface area contributed by atoms with E-state index in [1.807, 2.05) is 0 Å². The number of rotatable bonds is 4. The van der Waals surface area contributed by atoms with E-state index in [1.165, 1.54) is 6.08 Å². The second-order valence-corrected chi connectivity index (χ2v) is 2.35. The number of isocyanates is 1. The van der Waals surface area contributed by atoms with Gasteiger partial charge in [0.05, 0.1) is 17.9 Å². The minimum absolute atomic E-state index is 0.317. The van der Waals surface area contributed by atoms with Crippen LogP contribution in [0.3, 0.4) is 0 Å². The Balaban J connectivity index is 4.73. The summed E-state index contributed by atoms with van der Waals surface area (Å²) in [6.07, 6.45) is 1.92. The number of esters is 1. The van der Waals surface area contributed by atoms with Gasteiger partial charge < -0.3 is 4.74 Å². The van der Waals surface area contributed by atoms with Gasteiger partial charge in [0.1, 0.15) is 0 Å². The zero-order valence-electron chi connectivity index (χ0n) is 8.09. The van der Waals surface area contributed by atoms with Gasteiger partial charge in [-0.3, -0.25) is 0 Å². The van der Waals surface area contributed by atoms with E-state index < -0.39 is 5.97 Å². The normalized spacial score (nSPS) is 11.3. The lowest BCUT2D eigenvalue weighted by atomic mass is 10.2. The molecule has 0 spiro atoms. The van der Waals surface area contributed by atoms with Crippen LogP contribution in [0.5, 0.6) is 0 Å². The summed E-state index contributed by atoms with van der Waals surface area (Å²) < 4.78 is 4.75. The molecule has 0 bridgehead atoms. The van der Waals surface area contributed by atoms with Crippen LogP contribution < -0.4 is 0 Å². The number of ether oxygens (including phenoxy) is 1. The summed E-state index contributed by atoms with van der Waals surface area (Å²) in [6.45, 7) is 5.42. The molecule has 4 nitrogen and oxygen atoms in total. The molecule has 0 N–H and O–H groups in total. The van der Waals surface area contributed by atoms with Crippen LogP contribution in [0.15, 0.2) is 16.3 Å². The third-order valence-electron chi connectivity index (χ3n) is 1.53. The molecule has 72 valence electrons. The SMILES string of the molecule is CCOC(=O)/C(C)=C(/CC)N=C=O. The Bertz CT molecular complexity index is 262. The molecular formula is C9H13NO3. The second-order valence-electron chi connectivity index (χ2n) is 2.35. The number of hydrogen-bond donors (Lipinski definition) is 0. The van der Waals surface area contributed by atoms with Crippen molar-refractivity contribution < 1.29 is 14.3 Å². The first kappa shape index (κ1) is 11.6. The highest BCUT2D eigenvalue weighted by atomic mass is 16.5. The fourth-order valence-corrected chi connectivity index (χ4v) is 0.840. The number of carbonyl (C=O) groups excluding carboxylic acids is 2. The topological polar surface area (TPSA) is 55.7 Å². The third-order valence-corrected chi connectivity index (χ3v) is 1.53. The maximum Gasteiger partial charge on any atom is 0.335 e. The predicted octanol–water partition coefficient (Wildman–Crippen LogP) is 1.57. The third kappa shape index (κ3) is 3.67. The van der Waals surface area contributed by atoms with Crippen molar-refractivity contribution in [3.05, 3.63) is 11.3 Å². The molecule has 0 saturated heterocycles. The summed E-state index contributed by atoms with van der Waals surface area (Å²) >= 11 is 0. The lowest BCUT2D eigenvalue weighted by Crippen LogP contribution is -2.07. The minimum Gasteiger partial charge on any atom is -0.463 e. The smallest absolute Gasteiger partial charge is 0.335 e. The Morgan fingerprint density at radius 1 is 1.46 bits per heavy atom. The molecule has 0 aromatic rings. The van der Waals surface area contributed by atoms with Crippen LogP contribution in [0.2, 0.25) is 0 Å². The molecule has 0 aliphatic carbocycles. The highest BCUT2D eigenvalue weighted by Gasteiger charge is 2.09. The zero-order valence-corrected chi connectivity index (χ0v) is 8.09. The minimum atomic E-state index is -0.432. The van der Waals surface area contributed by atoms with Crippen LogP contribution in [-0.2, 0) is 14.3 Å². The van der Waals surface area contributed by atoms with E-state index in [0.29, 0.717) is 24.3 Å². The summed E-state index contributed by atoms with van der Waals surface area (Å²) in [5.41, 5.74) is 0.793. The van der Waals surface area contributed by atoms with Crippen LogP contribution >= 0.6 is 0 Å². The molecule has 0 aromatic carbocycles. The molecule has 0 aliphatic heterocycles. The molecule has 0 radical (unpaired) electrons. The first-order valence-corrected chi connectivity index (χ1v) is 4.12. The Kier molecular flexibility index (Phi) is 5.48. The van der Waals surface area contributed by atoms with Crippen LogP contribution in [0.4, 0.5) is 0 Å². The first-order chi connectivity index (χ1) is 6.17. The molecule has 0 aromatic heterocycles. The lowest BCUT2D eigenvalue weighted by molar-refractivity contribution is -0.138. The Hall–Kier alpha value is -1.41. The van der Waals surface area contributed by atoms with Gasteiger partial charge in [-0.1, -0.05) is 6.92 Å². The van der Waals surface area contributed by atoms with Gasteiger partial charge in [-0.05, 0) is 20.3 Å². The van der Waals surface area contributed by atoms with Gasteiger partial charge in [-0.15, -0.1) is 0 Å². The Morgan fingerprint density at radius 3 is 2.46 bits per heavy atom. The number of aliphatic imine (C=N–C) groups is 1. The van der Waals surface area contributed by atoms with E-state index in [4.69, 9.17) is 4.74 Å². The largest absolute Gasteiger partial charge is 0.463 e. The van der Waals surface area contributed by atoms with E-state index in [1.54, 1.807) is 20.8 Å². The Labute approximate surface area is 77.3 Å². The van der Waals surface area contributed by atoms with Crippen molar-refractivity contribution in [3.63, 3.8) is 0 Å². The molecule has 0 atom stereocenters. The highest BCUT2D eigenvalue weighted by Crippen LogP contribution is 2.10. The highest BCUT2D eigenvalue weighted by molar-refractivity contribution is 5.88. The van der Waals surface area contributed by atoms with Crippen LogP contribution in [0.25, 0.3) is 0 Å². The molecule has 0 saturated carbocycles. The molecular weight excluding hydrogens is 170 g/mol. The fraction of sp³-hybridized carbons (Fsp3) is 0.556. The maximum atomic E-state index is 11.1. The molecule has 0 aliphatic rings. The van der Waals surface area contributed by atoms with E-state index in [9.17, 15) is 9.59 Å². The average Bonchev–Trinajstić information content (AvgIpc) is 2.13.